The van der Waals surface area contributed by atoms with Crippen LogP contribution in [0.5, 0.6) is 11.5 Å². The molecule has 0 bridgehead atoms. The van der Waals surface area contributed by atoms with Gasteiger partial charge in [0, 0.05) is 10.3 Å². The monoisotopic (exact) mass is 206 g/mol. The summed E-state index contributed by atoms with van der Waals surface area (Å²) < 4.78 is 5.09. The van der Waals surface area contributed by atoms with Crippen LogP contribution in [0.1, 0.15) is 0 Å². The van der Waals surface area contributed by atoms with Crippen molar-refractivity contribution in [3.8, 4) is 11.5 Å². The highest BCUT2D eigenvalue weighted by molar-refractivity contribution is 7.80. The van der Waals surface area contributed by atoms with Gasteiger partial charge in [0.25, 0.3) is 0 Å². The van der Waals surface area contributed by atoms with Gasteiger partial charge >= 0.3 is 0 Å². The molecule has 3 heteroatoms. The topological polar surface area (TPSA) is 29.5 Å². The molecule has 2 aromatic carbocycles. The largest absolute Gasteiger partial charge is 0.506 e. The van der Waals surface area contributed by atoms with Crippen molar-refractivity contribution < 1.29 is 9.84 Å². The second-order valence-electron chi connectivity index (χ2n) is 3.02. The van der Waals surface area contributed by atoms with Gasteiger partial charge in [0.05, 0.1) is 7.11 Å². The molecule has 0 heterocycles. The summed E-state index contributed by atoms with van der Waals surface area (Å²) in [5.41, 5.74) is 0. The SMILES string of the molecule is COc1ccc2c(O)c(S)ccc2c1. The maximum absolute atomic E-state index is 9.70. The zero-order valence-electron chi connectivity index (χ0n) is 7.69. The fraction of sp³-hybridized carbons (Fsp3) is 0.0909. The van der Waals surface area contributed by atoms with Crippen molar-refractivity contribution in [3.05, 3.63) is 30.3 Å². The van der Waals surface area contributed by atoms with Gasteiger partial charge in [0.15, 0.2) is 0 Å². The number of aromatic hydroxyl groups is 1. The highest BCUT2D eigenvalue weighted by Crippen LogP contribution is 2.32. The van der Waals surface area contributed by atoms with E-state index in [1.165, 1.54) is 0 Å². The molecular weight excluding hydrogens is 196 g/mol. The Morgan fingerprint density at radius 3 is 2.71 bits per heavy atom. The maximum atomic E-state index is 9.70. The molecule has 14 heavy (non-hydrogen) atoms. The number of phenols is 1. The molecule has 0 spiro atoms. The summed E-state index contributed by atoms with van der Waals surface area (Å²) in [4.78, 5) is 0.586. The molecule has 0 saturated carbocycles. The minimum absolute atomic E-state index is 0.216. The van der Waals surface area contributed by atoms with Crippen molar-refractivity contribution in [1.29, 1.82) is 0 Å². The van der Waals surface area contributed by atoms with Gasteiger partial charge in [-0.05, 0) is 29.7 Å². The van der Waals surface area contributed by atoms with E-state index < -0.39 is 0 Å². The van der Waals surface area contributed by atoms with Crippen molar-refractivity contribution in [1.82, 2.24) is 0 Å². The van der Waals surface area contributed by atoms with Crippen LogP contribution in [-0.4, -0.2) is 12.2 Å². The molecule has 1 N–H and O–H groups in total. The number of rotatable bonds is 1. The first-order chi connectivity index (χ1) is 6.72. The van der Waals surface area contributed by atoms with E-state index in [1.807, 2.05) is 24.3 Å². The molecule has 0 aromatic heterocycles. The normalized spacial score (nSPS) is 10.4. The van der Waals surface area contributed by atoms with E-state index >= 15 is 0 Å². The number of hydrogen-bond acceptors (Lipinski definition) is 3. The van der Waals surface area contributed by atoms with Crippen LogP contribution in [0.15, 0.2) is 35.2 Å². The third kappa shape index (κ3) is 1.40. The second kappa shape index (κ2) is 3.42. The molecule has 0 saturated heterocycles. The molecule has 0 fully saturated rings. The molecule has 2 nitrogen and oxygen atoms in total. The molecule has 0 aliphatic rings. The van der Waals surface area contributed by atoms with E-state index in [1.54, 1.807) is 13.2 Å². The van der Waals surface area contributed by atoms with E-state index in [4.69, 9.17) is 4.74 Å². The third-order valence-electron chi connectivity index (χ3n) is 2.18. The first-order valence-corrected chi connectivity index (χ1v) is 4.66. The van der Waals surface area contributed by atoms with Crippen LogP contribution in [0.2, 0.25) is 0 Å². The number of benzene rings is 2. The average molecular weight is 206 g/mol. The Bertz CT molecular complexity index is 480. The van der Waals surface area contributed by atoms with E-state index in [0.29, 0.717) is 4.90 Å². The summed E-state index contributed by atoms with van der Waals surface area (Å²) in [6, 6.07) is 9.18. The number of phenolic OH excluding ortho intramolecular Hbond substituents is 1. The van der Waals surface area contributed by atoms with Crippen LogP contribution in [0, 0.1) is 0 Å². The molecule has 0 radical (unpaired) electrons. The van der Waals surface area contributed by atoms with E-state index in [9.17, 15) is 5.11 Å². The highest BCUT2D eigenvalue weighted by Gasteiger charge is 2.03. The lowest BCUT2D eigenvalue weighted by Gasteiger charge is -2.05. The molecule has 2 aromatic rings. The van der Waals surface area contributed by atoms with Crippen LogP contribution in [0.4, 0.5) is 0 Å². The van der Waals surface area contributed by atoms with Crippen LogP contribution in [-0.2, 0) is 0 Å². The van der Waals surface area contributed by atoms with E-state index in [2.05, 4.69) is 12.6 Å². The van der Waals surface area contributed by atoms with Crippen molar-refractivity contribution in [2.24, 2.45) is 0 Å². The Labute approximate surface area is 87.5 Å². The number of methoxy groups -OCH3 is 1. The van der Waals surface area contributed by atoms with Crippen LogP contribution in [0.25, 0.3) is 10.8 Å². The lowest BCUT2D eigenvalue weighted by atomic mass is 10.1. The first kappa shape index (κ1) is 9.21. The molecule has 0 aliphatic heterocycles. The van der Waals surface area contributed by atoms with Gasteiger partial charge in [-0.1, -0.05) is 6.07 Å². The Balaban J connectivity index is 2.74. The number of thiol groups is 1. The van der Waals surface area contributed by atoms with Gasteiger partial charge in [0.1, 0.15) is 11.5 Å². The fourth-order valence-electron chi connectivity index (χ4n) is 1.41. The minimum atomic E-state index is 0.216. The molecular formula is C11H10O2S. The first-order valence-electron chi connectivity index (χ1n) is 4.21. The number of ether oxygens (including phenoxy) is 1. The minimum Gasteiger partial charge on any atom is -0.506 e. The number of fused-ring (bicyclic) bond motifs is 1. The Morgan fingerprint density at radius 1 is 1.21 bits per heavy atom. The molecule has 72 valence electrons. The van der Waals surface area contributed by atoms with Gasteiger partial charge in [0.2, 0.25) is 0 Å². The van der Waals surface area contributed by atoms with Gasteiger partial charge < -0.3 is 9.84 Å². The van der Waals surface area contributed by atoms with Crippen molar-refractivity contribution >= 4 is 23.4 Å². The summed E-state index contributed by atoms with van der Waals surface area (Å²) in [7, 11) is 1.62. The fourth-order valence-corrected chi connectivity index (χ4v) is 1.60. The lowest BCUT2D eigenvalue weighted by Crippen LogP contribution is -1.82. The molecule has 0 unspecified atom stereocenters. The van der Waals surface area contributed by atoms with Gasteiger partial charge in [-0.15, -0.1) is 12.6 Å². The lowest BCUT2D eigenvalue weighted by molar-refractivity contribution is 0.415. The predicted molar refractivity (Wildman–Crippen MR) is 59.4 cm³/mol. The van der Waals surface area contributed by atoms with Crippen molar-refractivity contribution in [3.63, 3.8) is 0 Å². The van der Waals surface area contributed by atoms with Crippen LogP contribution >= 0.6 is 12.6 Å². The van der Waals surface area contributed by atoms with E-state index in [0.717, 1.165) is 16.5 Å². The second-order valence-corrected chi connectivity index (χ2v) is 3.50. The summed E-state index contributed by atoms with van der Waals surface area (Å²) in [5, 5.41) is 11.4. The van der Waals surface area contributed by atoms with Gasteiger partial charge in [-0.3, -0.25) is 0 Å². The van der Waals surface area contributed by atoms with Crippen molar-refractivity contribution in [2.75, 3.05) is 7.11 Å². The zero-order valence-corrected chi connectivity index (χ0v) is 8.58. The van der Waals surface area contributed by atoms with Crippen molar-refractivity contribution in [2.45, 2.75) is 4.90 Å². The Hall–Kier alpha value is -1.35. The summed E-state index contributed by atoms with van der Waals surface area (Å²) in [6.45, 7) is 0. The smallest absolute Gasteiger partial charge is 0.136 e. The zero-order chi connectivity index (χ0) is 10.1. The average Bonchev–Trinajstić information content (AvgIpc) is 2.23. The van der Waals surface area contributed by atoms with Crippen LogP contribution < -0.4 is 4.74 Å². The molecule has 2 rings (SSSR count). The Kier molecular flexibility index (Phi) is 2.25. The summed E-state index contributed by atoms with van der Waals surface area (Å²) >= 11 is 4.14. The summed E-state index contributed by atoms with van der Waals surface area (Å²) in [5.74, 6) is 0.998. The van der Waals surface area contributed by atoms with Crippen LogP contribution in [0.3, 0.4) is 0 Å². The summed E-state index contributed by atoms with van der Waals surface area (Å²) in [6.07, 6.45) is 0. The van der Waals surface area contributed by atoms with Gasteiger partial charge in [-0.2, -0.15) is 0 Å². The van der Waals surface area contributed by atoms with E-state index in [-0.39, 0.29) is 5.75 Å². The molecule has 0 amide bonds. The van der Waals surface area contributed by atoms with Gasteiger partial charge in [-0.25, -0.2) is 0 Å². The molecule has 0 atom stereocenters. The Morgan fingerprint density at radius 2 is 2.00 bits per heavy atom. The third-order valence-corrected chi connectivity index (χ3v) is 2.54. The predicted octanol–water partition coefficient (Wildman–Crippen LogP) is 2.84. The quantitative estimate of drug-likeness (QED) is 0.702. The number of hydrogen-bond donors (Lipinski definition) is 2. The highest BCUT2D eigenvalue weighted by atomic mass is 32.1. The maximum Gasteiger partial charge on any atom is 0.136 e. The molecule has 0 aliphatic carbocycles. The standard InChI is InChI=1S/C11H10O2S/c1-13-8-3-4-9-7(6-8)2-5-10(14)11(9)12/h2-6,12,14H,1H3.